The van der Waals surface area contributed by atoms with E-state index >= 15 is 0 Å². The molecule has 1 heterocycles. The van der Waals surface area contributed by atoms with E-state index in [9.17, 15) is 14.7 Å². The Morgan fingerprint density at radius 2 is 1.82 bits per heavy atom. The third-order valence-electron chi connectivity index (χ3n) is 6.94. The van der Waals surface area contributed by atoms with Gasteiger partial charge in [0.1, 0.15) is 11.6 Å². The molecule has 3 N–H and O–H groups in total. The van der Waals surface area contributed by atoms with Crippen LogP contribution in [0, 0.1) is 5.41 Å². The lowest BCUT2D eigenvalue weighted by molar-refractivity contribution is 0.0955. The standard InChI is InChI=1S/C29H41N5O4.ClH/c1-9-33(10-11-35)24-13-18(12-22(26(24)38-8)29(2,3)4)25(36)17-34-16-19-14-23(32(6)7)21(28(37)31-5)15-20(19)27(34)30;/h12-15,30,35H,9-11,16-17H2,1-8H3,(H,31,37);1H. The Labute approximate surface area is 238 Å². The van der Waals surface area contributed by atoms with E-state index in [0.717, 1.165) is 22.5 Å². The van der Waals surface area contributed by atoms with Gasteiger partial charge in [-0.1, -0.05) is 20.8 Å². The summed E-state index contributed by atoms with van der Waals surface area (Å²) in [7, 11) is 6.96. The minimum absolute atomic E-state index is 0. The van der Waals surface area contributed by atoms with Gasteiger partial charge in [-0.15, -0.1) is 12.4 Å². The molecule has 0 spiro atoms. The molecular formula is C29H42ClN5O4. The van der Waals surface area contributed by atoms with Crippen molar-refractivity contribution in [3.63, 3.8) is 0 Å². The van der Waals surface area contributed by atoms with Gasteiger partial charge in [0.25, 0.3) is 5.91 Å². The first-order chi connectivity index (χ1) is 17.9. The van der Waals surface area contributed by atoms with Crippen molar-refractivity contribution in [1.82, 2.24) is 10.2 Å². The molecule has 0 saturated heterocycles. The SMILES string of the molecule is CCN(CCO)c1cc(C(=O)CN2Cc3cc(N(C)C)c(C(=O)NC)cc3C2=N)cc(C(C)(C)C)c1OC.Cl. The smallest absolute Gasteiger partial charge is 0.253 e. The second kappa shape index (κ2) is 12.7. The Kier molecular flexibility index (Phi) is 10.4. The molecule has 0 aliphatic carbocycles. The Balaban J connectivity index is 0.00000533. The van der Waals surface area contributed by atoms with E-state index in [2.05, 4.69) is 26.1 Å². The normalized spacial score (nSPS) is 12.5. The van der Waals surface area contributed by atoms with Crippen molar-refractivity contribution >= 4 is 41.3 Å². The number of nitrogens with zero attached hydrogens (tertiary/aromatic N) is 3. The summed E-state index contributed by atoms with van der Waals surface area (Å²) in [6.45, 7) is 9.71. The van der Waals surface area contributed by atoms with Gasteiger partial charge in [-0.2, -0.15) is 0 Å². The van der Waals surface area contributed by atoms with Crippen molar-refractivity contribution in [3.8, 4) is 5.75 Å². The van der Waals surface area contributed by atoms with Crippen LogP contribution in [0.3, 0.4) is 0 Å². The first-order valence-electron chi connectivity index (χ1n) is 12.9. The zero-order chi connectivity index (χ0) is 28.4. The maximum Gasteiger partial charge on any atom is 0.253 e. The number of benzene rings is 2. The fourth-order valence-corrected chi connectivity index (χ4v) is 4.87. The van der Waals surface area contributed by atoms with Crippen molar-refractivity contribution in [3.05, 3.63) is 52.1 Å². The number of aliphatic hydroxyl groups excluding tert-OH is 1. The number of aliphatic hydroxyl groups is 1. The number of amidine groups is 1. The van der Waals surface area contributed by atoms with Gasteiger partial charge in [0.15, 0.2) is 5.78 Å². The number of Topliss-reactive ketones (excluding diaryl/α,β-unsaturated/α-hetero) is 1. The molecule has 9 nitrogen and oxygen atoms in total. The fourth-order valence-electron chi connectivity index (χ4n) is 4.87. The molecule has 0 unspecified atom stereocenters. The molecule has 2 aromatic rings. The number of ketones is 1. The summed E-state index contributed by atoms with van der Waals surface area (Å²) in [4.78, 5) is 31.8. The van der Waals surface area contributed by atoms with Crippen LogP contribution in [0.25, 0.3) is 0 Å². The van der Waals surface area contributed by atoms with E-state index in [1.54, 1.807) is 25.1 Å². The Hall–Kier alpha value is -3.30. The monoisotopic (exact) mass is 559 g/mol. The van der Waals surface area contributed by atoms with Crippen molar-refractivity contribution in [2.75, 3.05) is 64.3 Å². The average Bonchev–Trinajstić information content (AvgIpc) is 3.18. The topological polar surface area (TPSA) is 109 Å². The third kappa shape index (κ3) is 6.47. The molecule has 2 aromatic carbocycles. The van der Waals surface area contributed by atoms with Crippen LogP contribution in [0.15, 0.2) is 24.3 Å². The highest BCUT2D eigenvalue weighted by Gasteiger charge is 2.31. The van der Waals surface area contributed by atoms with Gasteiger partial charge >= 0.3 is 0 Å². The number of methoxy groups -OCH3 is 1. The van der Waals surface area contributed by atoms with Crippen LogP contribution in [0.2, 0.25) is 0 Å². The van der Waals surface area contributed by atoms with Gasteiger partial charge < -0.3 is 29.9 Å². The zero-order valence-corrected chi connectivity index (χ0v) is 25.1. The largest absolute Gasteiger partial charge is 0.494 e. The number of nitrogens with one attached hydrogen (secondary N) is 2. The van der Waals surface area contributed by atoms with Crippen LogP contribution in [-0.4, -0.2) is 82.0 Å². The van der Waals surface area contributed by atoms with Crippen molar-refractivity contribution < 1.29 is 19.4 Å². The number of rotatable bonds is 10. The van der Waals surface area contributed by atoms with E-state index in [-0.39, 0.29) is 48.5 Å². The van der Waals surface area contributed by atoms with E-state index in [0.29, 0.717) is 42.1 Å². The lowest BCUT2D eigenvalue weighted by atomic mass is 9.84. The summed E-state index contributed by atoms with van der Waals surface area (Å²) >= 11 is 0. The number of hydrogen-bond donors (Lipinski definition) is 3. The molecule has 0 saturated carbocycles. The van der Waals surface area contributed by atoms with Crippen molar-refractivity contribution in [2.45, 2.75) is 39.7 Å². The molecule has 214 valence electrons. The zero-order valence-electron chi connectivity index (χ0n) is 24.3. The molecule has 3 rings (SSSR count). The average molecular weight is 560 g/mol. The highest BCUT2D eigenvalue weighted by atomic mass is 35.5. The van der Waals surface area contributed by atoms with Crippen LogP contribution in [0.5, 0.6) is 5.75 Å². The highest BCUT2D eigenvalue weighted by Crippen LogP contribution is 2.40. The van der Waals surface area contributed by atoms with Crippen LogP contribution >= 0.6 is 12.4 Å². The quantitative estimate of drug-likeness (QED) is 0.381. The van der Waals surface area contributed by atoms with Crippen LogP contribution in [0.4, 0.5) is 11.4 Å². The van der Waals surface area contributed by atoms with Crippen LogP contribution in [0.1, 0.15) is 65.1 Å². The maximum absolute atomic E-state index is 13.7. The molecule has 1 aliphatic heterocycles. The molecular weight excluding hydrogens is 518 g/mol. The molecule has 0 atom stereocenters. The Bertz CT molecular complexity index is 1240. The predicted octanol–water partition coefficient (Wildman–Crippen LogP) is 3.68. The number of fused-ring (bicyclic) bond motifs is 1. The van der Waals surface area contributed by atoms with Crippen molar-refractivity contribution in [1.29, 1.82) is 5.41 Å². The number of likely N-dealkylation sites (N-methyl/N-ethyl adjacent to an activating group) is 1. The van der Waals surface area contributed by atoms with Gasteiger partial charge in [-0.25, -0.2) is 0 Å². The number of carbonyl (C=O) groups excluding carboxylic acids is 2. The van der Waals surface area contributed by atoms with Crippen LogP contribution in [-0.2, 0) is 12.0 Å². The number of ether oxygens (including phenoxy) is 1. The maximum atomic E-state index is 13.7. The number of carbonyl (C=O) groups is 2. The fraction of sp³-hybridized carbons (Fsp3) is 0.483. The number of anilines is 2. The molecule has 10 heteroatoms. The second-order valence-electron chi connectivity index (χ2n) is 10.8. The number of hydrogen-bond acceptors (Lipinski definition) is 7. The van der Waals surface area contributed by atoms with E-state index in [4.69, 9.17) is 10.1 Å². The summed E-state index contributed by atoms with van der Waals surface area (Å²) in [5, 5.41) is 21.1. The summed E-state index contributed by atoms with van der Waals surface area (Å²) in [5.74, 6) is 0.590. The van der Waals surface area contributed by atoms with E-state index in [1.807, 2.05) is 49.0 Å². The Morgan fingerprint density at radius 1 is 1.15 bits per heavy atom. The Morgan fingerprint density at radius 3 is 2.33 bits per heavy atom. The van der Waals surface area contributed by atoms with Gasteiger partial charge in [-0.3, -0.25) is 15.0 Å². The van der Waals surface area contributed by atoms with Gasteiger partial charge in [0.05, 0.1) is 31.5 Å². The molecule has 0 radical (unpaired) electrons. The minimum atomic E-state index is -0.287. The van der Waals surface area contributed by atoms with E-state index < -0.39 is 0 Å². The lowest BCUT2D eigenvalue weighted by Gasteiger charge is -2.30. The van der Waals surface area contributed by atoms with E-state index in [1.165, 1.54) is 0 Å². The number of amides is 1. The number of halogens is 1. The molecule has 0 aromatic heterocycles. The second-order valence-corrected chi connectivity index (χ2v) is 10.8. The first kappa shape index (κ1) is 31.9. The van der Waals surface area contributed by atoms with Crippen LogP contribution < -0.4 is 19.9 Å². The minimum Gasteiger partial charge on any atom is -0.494 e. The molecule has 0 bridgehead atoms. The summed E-state index contributed by atoms with van der Waals surface area (Å²) in [5.41, 5.74) is 4.75. The lowest BCUT2D eigenvalue weighted by Crippen LogP contribution is -2.31. The first-order valence-corrected chi connectivity index (χ1v) is 12.9. The third-order valence-corrected chi connectivity index (χ3v) is 6.94. The summed E-state index contributed by atoms with van der Waals surface area (Å²) in [6.07, 6.45) is 0. The van der Waals surface area contributed by atoms with Gasteiger partial charge in [0, 0.05) is 63.2 Å². The molecule has 0 fully saturated rings. The molecule has 1 amide bonds. The highest BCUT2D eigenvalue weighted by molar-refractivity contribution is 6.08. The molecule has 39 heavy (non-hydrogen) atoms. The predicted molar refractivity (Wildman–Crippen MR) is 160 cm³/mol. The van der Waals surface area contributed by atoms with Gasteiger partial charge in [-0.05, 0) is 42.2 Å². The van der Waals surface area contributed by atoms with Crippen molar-refractivity contribution in [2.24, 2.45) is 0 Å². The van der Waals surface area contributed by atoms with Gasteiger partial charge in [0.2, 0.25) is 0 Å². The summed E-state index contributed by atoms with van der Waals surface area (Å²) in [6, 6.07) is 7.39. The summed E-state index contributed by atoms with van der Waals surface area (Å²) < 4.78 is 5.81. The molecule has 1 aliphatic rings.